The Kier molecular flexibility index (Phi) is 3.53. The van der Waals surface area contributed by atoms with Gasteiger partial charge in [-0.2, -0.15) is 0 Å². The lowest BCUT2D eigenvalue weighted by atomic mass is 9.81. The first kappa shape index (κ1) is 16.5. The molecule has 10 nitrogen and oxygen atoms in total. The third-order valence-corrected chi connectivity index (χ3v) is 4.30. The molecule has 0 saturated carbocycles. The van der Waals surface area contributed by atoms with Crippen LogP contribution in [0.3, 0.4) is 0 Å². The number of benzene rings is 2. The van der Waals surface area contributed by atoms with Crippen LogP contribution in [0.2, 0.25) is 0 Å². The molecule has 0 aromatic heterocycles. The Bertz CT molecular complexity index is 1030. The molecule has 11 heteroatoms. The number of halogens is 1. The van der Waals surface area contributed by atoms with Gasteiger partial charge in [0.15, 0.2) is 0 Å². The molecule has 2 aromatic rings. The van der Waals surface area contributed by atoms with Crippen molar-refractivity contribution in [3.63, 3.8) is 0 Å². The van der Waals surface area contributed by atoms with E-state index in [1.54, 1.807) is 0 Å². The van der Waals surface area contributed by atoms with E-state index in [1.165, 1.54) is 0 Å². The van der Waals surface area contributed by atoms with Crippen molar-refractivity contribution in [2.75, 3.05) is 0 Å². The van der Waals surface area contributed by atoms with Crippen molar-refractivity contribution in [1.29, 1.82) is 0 Å². The van der Waals surface area contributed by atoms with E-state index in [1.807, 2.05) is 0 Å². The van der Waals surface area contributed by atoms with Crippen molar-refractivity contribution in [3.8, 4) is 11.5 Å². The maximum atomic E-state index is 12.7. The fourth-order valence-electron chi connectivity index (χ4n) is 2.66. The van der Waals surface area contributed by atoms with Gasteiger partial charge >= 0.3 is 0 Å². The summed E-state index contributed by atoms with van der Waals surface area (Å²) in [6.45, 7) is 0. The van der Waals surface area contributed by atoms with Gasteiger partial charge in [0, 0.05) is 12.1 Å². The number of nitro benzene ring substituents is 2. The second kappa shape index (κ2) is 5.34. The van der Waals surface area contributed by atoms with Crippen molar-refractivity contribution < 1.29 is 29.6 Å². The van der Waals surface area contributed by atoms with Crippen LogP contribution >= 0.6 is 15.9 Å². The quantitative estimate of drug-likeness (QED) is 0.482. The van der Waals surface area contributed by atoms with E-state index in [9.17, 15) is 40.0 Å². The number of carbonyl (C=O) groups is 2. The highest BCUT2D eigenvalue weighted by Gasteiger charge is 2.43. The molecular formula is C14H5BrN2O8. The Labute approximate surface area is 145 Å². The van der Waals surface area contributed by atoms with Crippen LogP contribution < -0.4 is 0 Å². The average molecular weight is 409 g/mol. The fraction of sp³-hybridized carbons (Fsp3) is 0. The zero-order valence-corrected chi connectivity index (χ0v) is 13.4. The number of carbonyl (C=O) groups excluding carboxylic acids is 2. The largest absolute Gasteiger partial charge is 0.507 e. The second-order valence-electron chi connectivity index (χ2n) is 5.00. The summed E-state index contributed by atoms with van der Waals surface area (Å²) in [5.41, 5.74) is -4.46. The van der Waals surface area contributed by atoms with Gasteiger partial charge in [-0.3, -0.25) is 29.8 Å². The number of ketones is 2. The fourth-order valence-corrected chi connectivity index (χ4v) is 3.08. The molecule has 0 heterocycles. The third kappa shape index (κ3) is 2.16. The first-order chi connectivity index (χ1) is 11.7. The number of hydrogen-bond acceptors (Lipinski definition) is 8. The van der Waals surface area contributed by atoms with E-state index in [0.29, 0.717) is 0 Å². The molecule has 0 atom stereocenters. The van der Waals surface area contributed by atoms with Crippen LogP contribution in [0.25, 0.3) is 0 Å². The molecule has 0 bridgehead atoms. The summed E-state index contributed by atoms with van der Waals surface area (Å²) >= 11 is 2.84. The molecule has 0 spiro atoms. The molecule has 0 amide bonds. The van der Waals surface area contributed by atoms with E-state index < -0.39 is 66.5 Å². The van der Waals surface area contributed by atoms with Crippen molar-refractivity contribution in [3.05, 3.63) is 65.2 Å². The molecule has 1 aliphatic rings. The van der Waals surface area contributed by atoms with E-state index >= 15 is 0 Å². The molecule has 3 rings (SSSR count). The summed E-state index contributed by atoms with van der Waals surface area (Å²) < 4.78 is -0.231. The molecule has 2 N–H and O–H groups in total. The predicted octanol–water partition coefficient (Wildman–Crippen LogP) is 2.45. The number of fused-ring (bicyclic) bond motifs is 2. The van der Waals surface area contributed by atoms with Crippen LogP contribution in [0.4, 0.5) is 11.4 Å². The monoisotopic (exact) mass is 408 g/mol. The molecule has 1 aliphatic carbocycles. The first-order valence-corrected chi connectivity index (χ1v) is 7.25. The number of rotatable bonds is 2. The lowest BCUT2D eigenvalue weighted by Crippen LogP contribution is -2.24. The molecule has 0 radical (unpaired) electrons. The van der Waals surface area contributed by atoms with Crippen molar-refractivity contribution in [2.24, 2.45) is 0 Å². The first-order valence-electron chi connectivity index (χ1n) is 6.46. The number of nitro groups is 2. The topological polar surface area (TPSA) is 161 Å². The van der Waals surface area contributed by atoms with Gasteiger partial charge in [0.05, 0.1) is 25.4 Å². The van der Waals surface area contributed by atoms with Gasteiger partial charge in [-0.05, 0) is 22.0 Å². The van der Waals surface area contributed by atoms with E-state index in [2.05, 4.69) is 15.9 Å². The molecular weight excluding hydrogens is 404 g/mol. The van der Waals surface area contributed by atoms with Crippen molar-refractivity contribution in [2.45, 2.75) is 0 Å². The van der Waals surface area contributed by atoms with Crippen molar-refractivity contribution >= 4 is 38.9 Å². The number of phenolic OH excluding ortho intramolecular Hbond substituents is 2. The summed E-state index contributed by atoms with van der Waals surface area (Å²) in [5.74, 6) is -3.84. The third-order valence-electron chi connectivity index (χ3n) is 3.70. The highest BCUT2D eigenvalue weighted by molar-refractivity contribution is 9.10. The minimum Gasteiger partial charge on any atom is -0.507 e. The maximum Gasteiger partial charge on any atom is 0.282 e. The van der Waals surface area contributed by atoms with E-state index in [4.69, 9.17) is 0 Å². The van der Waals surface area contributed by atoms with Gasteiger partial charge in [0.2, 0.25) is 11.6 Å². The summed E-state index contributed by atoms with van der Waals surface area (Å²) in [5, 5.41) is 42.4. The number of phenols is 2. The van der Waals surface area contributed by atoms with Gasteiger partial charge in [0.25, 0.3) is 11.4 Å². The van der Waals surface area contributed by atoms with Gasteiger partial charge in [-0.1, -0.05) is 0 Å². The van der Waals surface area contributed by atoms with Gasteiger partial charge in [-0.15, -0.1) is 0 Å². The summed E-state index contributed by atoms with van der Waals surface area (Å²) in [7, 11) is 0. The van der Waals surface area contributed by atoms with Crippen LogP contribution in [-0.4, -0.2) is 31.6 Å². The van der Waals surface area contributed by atoms with Crippen LogP contribution in [0.1, 0.15) is 31.8 Å². The molecule has 126 valence electrons. The highest BCUT2D eigenvalue weighted by atomic mass is 79.9. The Hall–Kier alpha value is -3.34. The Balaban J connectivity index is 2.51. The standard InChI is InChI=1S/C14H5BrN2O8/c15-4-3-6(17(24)25)9-11(12(4)19)14(21)8-5(16(22)23)1-2-7(18)10(8)13(9)20/h1-3,18-19H. The SMILES string of the molecule is O=C1c2c(O)ccc([N+](=O)[O-])c2C(=O)c2c(O)c(Br)cc([N+](=O)[O-])c21. The number of hydrogen-bond donors (Lipinski definition) is 2. The average Bonchev–Trinajstić information content (AvgIpc) is 2.53. The minimum absolute atomic E-state index is 0.231. The summed E-state index contributed by atoms with van der Waals surface area (Å²) in [6, 6.07) is 2.50. The number of aromatic hydroxyl groups is 2. The highest BCUT2D eigenvalue weighted by Crippen LogP contribution is 2.45. The zero-order chi connectivity index (χ0) is 18.6. The predicted molar refractivity (Wildman–Crippen MR) is 84.1 cm³/mol. The number of nitrogens with zero attached hydrogens (tertiary/aromatic N) is 2. The lowest BCUT2D eigenvalue weighted by Gasteiger charge is -2.19. The normalized spacial score (nSPS) is 12.5. The van der Waals surface area contributed by atoms with Crippen LogP contribution in [0, 0.1) is 20.2 Å². The Morgan fingerprint density at radius 2 is 1.36 bits per heavy atom. The maximum absolute atomic E-state index is 12.7. The zero-order valence-electron chi connectivity index (χ0n) is 11.8. The summed E-state index contributed by atoms with van der Waals surface area (Å²) in [4.78, 5) is 45.9. The Morgan fingerprint density at radius 1 is 0.840 bits per heavy atom. The molecule has 2 aromatic carbocycles. The molecule has 25 heavy (non-hydrogen) atoms. The van der Waals surface area contributed by atoms with Crippen molar-refractivity contribution in [1.82, 2.24) is 0 Å². The minimum atomic E-state index is -1.17. The van der Waals surface area contributed by atoms with Crippen LogP contribution in [0.15, 0.2) is 22.7 Å². The van der Waals surface area contributed by atoms with E-state index in [0.717, 1.165) is 18.2 Å². The summed E-state index contributed by atoms with van der Waals surface area (Å²) in [6.07, 6.45) is 0. The van der Waals surface area contributed by atoms with Crippen LogP contribution in [-0.2, 0) is 0 Å². The van der Waals surface area contributed by atoms with Gasteiger partial charge in [-0.25, -0.2) is 0 Å². The van der Waals surface area contributed by atoms with Gasteiger partial charge < -0.3 is 10.2 Å². The van der Waals surface area contributed by atoms with Crippen LogP contribution in [0.5, 0.6) is 11.5 Å². The second-order valence-corrected chi connectivity index (χ2v) is 5.86. The van der Waals surface area contributed by atoms with E-state index in [-0.39, 0.29) is 4.47 Å². The molecule has 0 aliphatic heterocycles. The Morgan fingerprint density at radius 3 is 1.92 bits per heavy atom. The molecule has 0 fully saturated rings. The smallest absolute Gasteiger partial charge is 0.282 e. The van der Waals surface area contributed by atoms with Gasteiger partial charge in [0.1, 0.15) is 22.6 Å². The lowest BCUT2D eigenvalue weighted by molar-refractivity contribution is -0.385. The molecule has 0 saturated heterocycles. The molecule has 0 unspecified atom stereocenters.